The standard InChI is InChI=1S/C21H29NO5/c1-4-26-18-11-10-17(14-19(18)25-3)21(24)27-15(2)20(23)22-13-12-16-8-6-5-7-9-16/h8,10-11,14-15H,4-7,9,12-13H2,1-3H3,(H,22,23)/t15-/m0/s1. The topological polar surface area (TPSA) is 73.9 Å². The fourth-order valence-corrected chi connectivity index (χ4v) is 2.97. The SMILES string of the molecule is CCOc1ccc(C(=O)O[C@@H](C)C(=O)NCCC2=CCCCC2)cc1OC. The maximum atomic E-state index is 12.3. The maximum Gasteiger partial charge on any atom is 0.339 e. The van der Waals surface area contributed by atoms with Crippen LogP contribution in [0.1, 0.15) is 56.3 Å². The van der Waals surface area contributed by atoms with Gasteiger partial charge in [0.2, 0.25) is 0 Å². The van der Waals surface area contributed by atoms with Gasteiger partial charge in [0.25, 0.3) is 5.91 Å². The zero-order chi connectivity index (χ0) is 19.6. The van der Waals surface area contributed by atoms with Crippen molar-refractivity contribution in [3.05, 3.63) is 35.4 Å². The highest BCUT2D eigenvalue weighted by Crippen LogP contribution is 2.28. The van der Waals surface area contributed by atoms with Gasteiger partial charge in [-0.25, -0.2) is 4.79 Å². The average molecular weight is 375 g/mol. The molecule has 0 aromatic heterocycles. The first-order chi connectivity index (χ1) is 13.0. The Morgan fingerprint density at radius 3 is 2.70 bits per heavy atom. The largest absolute Gasteiger partial charge is 0.493 e. The van der Waals surface area contributed by atoms with Crippen LogP contribution in [0.25, 0.3) is 0 Å². The van der Waals surface area contributed by atoms with E-state index < -0.39 is 12.1 Å². The second kappa shape index (κ2) is 10.6. The van der Waals surface area contributed by atoms with Crippen LogP contribution in [0.3, 0.4) is 0 Å². The van der Waals surface area contributed by atoms with Crippen LogP contribution in [0.2, 0.25) is 0 Å². The van der Waals surface area contributed by atoms with Gasteiger partial charge in [0, 0.05) is 6.54 Å². The third kappa shape index (κ3) is 6.31. The number of hydrogen-bond acceptors (Lipinski definition) is 5. The fourth-order valence-electron chi connectivity index (χ4n) is 2.97. The number of hydrogen-bond donors (Lipinski definition) is 1. The van der Waals surface area contributed by atoms with Crippen LogP contribution in [0.4, 0.5) is 0 Å². The van der Waals surface area contributed by atoms with Gasteiger partial charge in [-0.2, -0.15) is 0 Å². The van der Waals surface area contributed by atoms with E-state index in [-0.39, 0.29) is 5.91 Å². The number of carbonyl (C=O) groups is 2. The van der Waals surface area contributed by atoms with Crippen LogP contribution in [0.15, 0.2) is 29.8 Å². The lowest BCUT2D eigenvalue weighted by atomic mass is 9.97. The summed E-state index contributed by atoms with van der Waals surface area (Å²) in [6.45, 7) is 4.49. The first-order valence-corrected chi connectivity index (χ1v) is 9.52. The Bertz CT molecular complexity index is 683. The molecule has 0 radical (unpaired) electrons. The maximum absolute atomic E-state index is 12.3. The van der Waals surface area contributed by atoms with E-state index in [1.54, 1.807) is 25.1 Å². The second-order valence-electron chi connectivity index (χ2n) is 6.50. The van der Waals surface area contributed by atoms with Crippen molar-refractivity contribution in [2.75, 3.05) is 20.3 Å². The van der Waals surface area contributed by atoms with Crippen LogP contribution in [0.5, 0.6) is 11.5 Å². The number of rotatable bonds is 9. The molecular weight excluding hydrogens is 346 g/mol. The summed E-state index contributed by atoms with van der Waals surface area (Å²) in [4.78, 5) is 24.5. The van der Waals surface area contributed by atoms with Crippen molar-refractivity contribution in [3.63, 3.8) is 0 Å². The molecule has 1 aromatic rings. The van der Waals surface area contributed by atoms with Gasteiger partial charge in [0.05, 0.1) is 19.3 Å². The van der Waals surface area contributed by atoms with Crippen LogP contribution in [0, 0.1) is 0 Å². The molecule has 2 rings (SSSR count). The summed E-state index contributed by atoms with van der Waals surface area (Å²) >= 11 is 0. The molecule has 1 amide bonds. The number of benzene rings is 1. The van der Waals surface area contributed by atoms with E-state index >= 15 is 0 Å². The van der Waals surface area contributed by atoms with Gasteiger partial charge < -0.3 is 19.5 Å². The number of nitrogens with one attached hydrogen (secondary N) is 1. The number of carbonyl (C=O) groups excluding carboxylic acids is 2. The normalized spacial score (nSPS) is 14.7. The molecule has 6 nitrogen and oxygen atoms in total. The Morgan fingerprint density at radius 1 is 1.22 bits per heavy atom. The lowest BCUT2D eigenvalue weighted by Crippen LogP contribution is -2.36. The Balaban J connectivity index is 1.84. The summed E-state index contributed by atoms with van der Waals surface area (Å²) in [5, 5.41) is 2.83. The summed E-state index contributed by atoms with van der Waals surface area (Å²) < 4.78 is 15.9. The van der Waals surface area contributed by atoms with Crippen LogP contribution in [-0.4, -0.2) is 38.2 Å². The predicted molar refractivity (Wildman–Crippen MR) is 103 cm³/mol. The zero-order valence-corrected chi connectivity index (χ0v) is 16.4. The van der Waals surface area contributed by atoms with Gasteiger partial charge in [-0.15, -0.1) is 0 Å². The number of allylic oxidation sites excluding steroid dienone is 1. The van der Waals surface area contributed by atoms with E-state index in [1.165, 1.54) is 25.5 Å². The minimum Gasteiger partial charge on any atom is -0.493 e. The van der Waals surface area contributed by atoms with Crippen molar-refractivity contribution < 1.29 is 23.8 Å². The highest BCUT2D eigenvalue weighted by molar-refractivity contribution is 5.92. The van der Waals surface area contributed by atoms with E-state index in [4.69, 9.17) is 14.2 Å². The molecule has 0 fully saturated rings. The molecule has 0 saturated heterocycles. The van der Waals surface area contributed by atoms with Crippen molar-refractivity contribution in [2.45, 2.75) is 52.1 Å². The molecule has 6 heteroatoms. The molecule has 0 heterocycles. The summed E-state index contributed by atoms with van der Waals surface area (Å²) in [6, 6.07) is 4.80. The number of ether oxygens (including phenoxy) is 3. The Morgan fingerprint density at radius 2 is 2.04 bits per heavy atom. The molecule has 1 aromatic carbocycles. The molecule has 0 spiro atoms. The molecule has 0 saturated carbocycles. The van der Waals surface area contributed by atoms with Crippen molar-refractivity contribution in [1.82, 2.24) is 5.32 Å². The zero-order valence-electron chi connectivity index (χ0n) is 16.4. The monoisotopic (exact) mass is 375 g/mol. The van der Waals surface area contributed by atoms with E-state index in [0.29, 0.717) is 30.2 Å². The van der Waals surface area contributed by atoms with E-state index in [9.17, 15) is 9.59 Å². The molecule has 27 heavy (non-hydrogen) atoms. The van der Waals surface area contributed by atoms with E-state index in [2.05, 4.69) is 11.4 Å². The number of methoxy groups -OCH3 is 1. The lowest BCUT2D eigenvalue weighted by Gasteiger charge is -2.16. The van der Waals surface area contributed by atoms with E-state index in [1.807, 2.05) is 6.92 Å². The van der Waals surface area contributed by atoms with Gasteiger partial charge in [0.15, 0.2) is 17.6 Å². The van der Waals surface area contributed by atoms with Gasteiger partial charge >= 0.3 is 5.97 Å². The quantitative estimate of drug-likeness (QED) is 0.527. The summed E-state index contributed by atoms with van der Waals surface area (Å²) in [5.74, 6) is 0.134. The third-order valence-corrected chi connectivity index (χ3v) is 4.48. The van der Waals surface area contributed by atoms with Gasteiger partial charge in [-0.3, -0.25) is 4.79 Å². The molecule has 0 aliphatic heterocycles. The lowest BCUT2D eigenvalue weighted by molar-refractivity contribution is -0.129. The van der Waals surface area contributed by atoms with E-state index in [0.717, 1.165) is 19.3 Å². The highest BCUT2D eigenvalue weighted by atomic mass is 16.5. The van der Waals surface area contributed by atoms with Crippen LogP contribution >= 0.6 is 0 Å². The number of esters is 1. The van der Waals surface area contributed by atoms with Crippen molar-refractivity contribution in [2.24, 2.45) is 0 Å². The van der Waals surface area contributed by atoms with Crippen molar-refractivity contribution in [3.8, 4) is 11.5 Å². The van der Waals surface area contributed by atoms with Gasteiger partial charge in [0.1, 0.15) is 0 Å². The average Bonchev–Trinajstić information content (AvgIpc) is 2.69. The molecule has 1 N–H and O–H groups in total. The molecule has 0 bridgehead atoms. The molecule has 1 atom stereocenters. The Kier molecular flexibility index (Phi) is 8.17. The van der Waals surface area contributed by atoms with Gasteiger partial charge in [-0.1, -0.05) is 11.6 Å². The molecule has 148 valence electrons. The molecule has 1 aliphatic carbocycles. The smallest absolute Gasteiger partial charge is 0.339 e. The molecule has 1 aliphatic rings. The predicted octanol–water partition coefficient (Wildman–Crippen LogP) is 3.65. The minimum atomic E-state index is -0.865. The first-order valence-electron chi connectivity index (χ1n) is 9.52. The Hall–Kier alpha value is -2.50. The third-order valence-electron chi connectivity index (χ3n) is 4.48. The first kappa shape index (κ1) is 20.8. The highest BCUT2D eigenvalue weighted by Gasteiger charge is 2.20. The minimum absolute atomic E-state index is 0.294. The molecular formula is C21H29NO5. The summed E-state index contributed by atoms with van der Waals surface area (Å²) in [5.41, 5.74) is 1.70. The van der Waals surface area contributed by atoms with Crippen LogP contribution in [-0.2, 0) is 9.53 Å². The summed E-state index contributed by atoms with van der Waals surface area (Å²) in [6.07, 6.45) is 6.96. The van der Waals surface area contributed by atoms with Crippen molar-refractivity contribution in [1.29, 1.82) is 0 Å². The number of amides is 1. The summed E-state index contributed by atoms with van der Waals surface area (Å²) in [7, 11) is 1.50. The molecule has 0 unspecified atom stereocenters. The fraction of sp³-hybridized carbons (Fsp3) is 0.524. The van der Waals surface area contributed by atoms with Crippen LogP contribution < -0.4 is 14.8 Å². The van der Waals surface area contributed by atoms with Gasteiger partial charge in [-0.05, 0) is 64.2 Å². The second-order valence-corrected chi connectivity index (χ2v) is 6.50. The van der Waals surface area contributed by atoms with Crippen molar-refractivity contribution >= 4 is 11.9 Å². The Labute approximate surface area is 160 Å².